The van der Waals surface area contributed by atoms with Gasteiger partial charge in [0.15, 0.2) is 0 Å². The van der Waals surface area contributed by atoms with Gasteiger partial charge in [0.2, 0.25) is 0 Å². The van der Waals surface area contributed by atoms with Crippen molar-refractivity contribution in [1.29, 1.82) is 0 Å². The van der Waals surface area contributed by atoms with E-state index in [1.165, 1.54) is 29.0 Å². The van der Waals surface area contributed by atoms with E-state index in [1.54, 1.807) is 6.92 Å². The Balaban J connectivity index is 2.03. The fraction of sp³-hybridized carbons (Fsp3) is 0.381. The van der Waals surface area contributed by atoms with Gasteiger partial charge in [-0.1, -0.05) is 31.2 Å². The Morgan fingerprint density at radius 1 is 1.10 bits per heavy atom. The van der Waals surface area contributed by atoms with Crippen LogP contribution in [0.3, 0.4) is 0 Å². The molecule has 0 unspecified atom stereocenters. The van der Waals surface area contributed by atoms with Gasteiger partial charge in [-0.2, -0.15) is 0 Å². The van der Waals surface area contributed by atoms with E-state index in [-0.39, 0.29) is 24.3 Å². The lowest BCUT2D eigenvalue weighted by Gasteiger charge is -2.14. The maximum Gasteiger partial charge on any atom is 0.573 e. The first-order chi connectivity index (χ1) is 14.6. The maximum atomic E-state index is 12.7. The number of halogens is 3. The second-order valence-corrected chi connectivity index (χ2v) is 6.87. The molecule has 10 heteroatoms. The summed E-state index contributed by atoms with van der Waals surface area (Å²) in [5.41, 5.74) is -1.31. The largest absolute Gasteiger partial charge is 0.573 e. The van der Waals surface area contributed by atoms with E-state index in [0.29, 0.717) is 18.4 Å². The average molecular weight is 440 g/mol. The van der Waals surface area contributed by atoms with Crippen molar-refractivity contribution in [2.45, 2.75) is 45.5 Å². The molecule has 0 spiro atoms. The van der Waals surface area contributed by atoms with E-state index in [9.17, 15) is 27.6 Å². The Morgan fingerprint density at radius 2 is 1.77 bits per heavy atom. The summed E-state index contributed by atoms with van der Waals surface area (Å²) < 4.78 is 48.2. The Hall–Kier alpha value is -3.30. The number of carbonyl (C=O) groups is 1. The lowest BCUT2D eigenvalue weighted by Crippen LogP contribution is -2.30. The van der Waals surface area contributed by atoms with Crippen LogP contribution in [0.25, 0.3) is 11.1 Å². The highest BCUT2D eigenvalue weighted by molar-refractivity contribution is 5.86. The number of nitrogens with one attached hydrogen (secondary N) is 1. The van der Waals surface area contributed by atoms with Crippen LogP contribution in [-0.2, 0) is 16.1 Å². The van der Waals surface area contributed by atoms with Crippen LogP contribution in [0.15, 0.2) is 52.2 Å². The van der Waals surface area contributed by atoms with E-state index in [2.05, 4.69) is 16.3 Å². The van der Waals surface area contributed by atoms with Crippen LogP contribution in [0.5, 0.6) is 5.75 Å². The number of rotatable bonds is 10. The molecule has 0 saturated heterocycles. The van der Waals surface area contributed by atoms with Crippen LogP contribution < -0.4 is 16.0 Å². The molecule has 7 nitrogen and oxygen atoms in total. The normalized spacial score (nSPS) is 11.2. The molecule has 1 aromatic heterocycles. The molecule has 0 saturated carbocycles. The summed E-state index contributed by atoms with van der Waals surface area (Å²) >= 11 is 0. The third kappa shape index (κ3) is 7.47. The lowest BCUT2D eigenvalue weighted by molar-refractivity contribution is -0.274. The van der Waals surface area contributed by atoms with Crippen LogP contribution in [0.1, 0.15) is 32.6 Å². The van der Waals surface area contributed by atoms with Crippen molar-refractivity contribution < 1.29 is 27.4 Å². The minimum absolute atomic E-state index is 0.0749. The molecular weight excluding hydrogens is 417 g/mol. The highest BCUT2D eigenvalue weighted by Gasteiger charge is 2.32. The van der Waals surface area contributed by atoms with Gasteiger partial charge in [0.1, 0.15) is 5.75 Å². The van der Waals surface area contributed by atoms with E-state index in [4.69, 9.17) is 4.74 Å². The molecule has 1 heterocycles. The zero-order valence-corrected chi connectivity index (χ0v) is 17.0. The fourth-order valence-corrected chi connectivity index (χ4v) is 2.80. The Kier molecular flexibility index (Phi) is 8.23. The highest BCUT2D eigenvalue weighted by Crippen LogP contribution is 2.31. The first-order valence-corrected chi connectivity index (χ1v) is 9.60. The summed E-state index contributed by atoms with van der Waals surface area (Å²) in [5, 5.41) is 0. The number of hydrogen-bond acceptors (Lipinski definition) is 5. The predicted octanol–water partition coefficient (Wildman–Crippen LogP) is 3.78. The van der Waals surface area contributed by atoms with Gasteiger partial charge in [0.05, 0.1) is 12.2 Å². The minimum atomic E-state index is -4.92. The molecule has 0 radical (unpaired) electrons. The second-order valence-electron chi connectivity index (χ2n) is 6.87. The van der Waals surface area contributed by atoms with Crippen LogP contribution in [0.4, 0.5) is 13.2 Å². The Bertz CT molecular complexity index is 1040. The molecule has 31 heavy (non-hydrogen) atoms. The summed E-state index contributed by atoms with van der Waals surface area (Å²) in [6, 6.07) is 5.22. The second kappa shape index (κ2) is 10.6. The van der Waals surface area contributed by atoms with Crippen LogP contribution in [0, 0.1) is 0 Å². The minimum Gasteiger partial charge on any atom is -0.462 e. The summed E-state index contributed by atoms with van der Waals surface area (Å²) in [5.74, 6) is -0.975. The van der Waals surface area contributed by atoms with Crippen molar-refractivity contribution in [2.24, 2.45) is 0 Å². The quantitative estimate of drug-likeness (QED) is 0.345. The first kappa shape index (κ1) is 24.0. The highest BCUT2D eigenvalue weighted by atomic mass is 19.4. The molecule has 1 N–H and O–H groups in total. The number of nitrogens with zero attached hydrogens (tertiary/aromatic N) is 1. The fourth-order valence-electron chi connectivity index (χ4n) is 2.80. The Labute approximate surface area is 176 Å². The van der Waals surface area contributed by atoms with Crippen LogP contribution in [0.2, 0.25) is 0 Å². The molecule has 2 aromatic rings. The van der Waals surface area contributed by atoms with Gasteiger partial charge in [-0.3, -0.25) is 14.3 Å². The monoisotopic (exact) mass is 440 g/mol. The molecule has 0 atom stereocenters. The first-order valence-electron chi connectivity index (χ1n) is 9.60. The van der Waals surface area contributed by atoms with Crippen molar-refractivity contribution in [2.75, 3.05) is 6.61 Å². The molecule has 0 fully saturated rings. The van der Waals surface area contributed by atoms with Crippen molar-refractivity contribution >= 4 is 5.97 Å². The smallest absolute Gasteiger partial charge is 0.462 e. The zero-order valence-electron chi connectivity index (χ0n) is 17.0. The van der Waals surface area contributed by atoms with Gasteiger partial charge >= 0.3 is 18.0 Å². The van der Waals surface area contributed by atoms with Crippen molar-refractivity contribution in [3.63, 3.8) is 0 Å². The third-order valence-corrected chi connectivity index (χ3v) is 4.29. The standard InChI is InChI=1S/C21H23F3N2O5/c1-14(2)19(28)30-12-8-4-3-7-11-26-13-16(18(27)25-20(26)29)15-9-5-6-10-17(15)31-21(22,23)24/h5-6,9-10,13H,1,3-4,7-8,11-12H2,2H3,(H,25,27,29). The number of carbonyl (C=O) groups excluding carboxylic acids is 1. The van der Waals surface area contributed by atoms with E-state index < -0.39 is 29.3 Å². The van der Waals surface area contributed by atoms with Gasteiger partial charge in [0.25, 0.3) is 5.56 Å². The number of aryl methyl sites for hydroxylation is 1. The number of hydrogen-bond donors (Lipinski definition) is 1. The van der Waals surface area contributed by atoms with Gasteiger partial charge < -0.3 is 9.47 Å². The zero-order chi connectivity index (χ0) is 23.0. The summed E-state index contributed by atoms with van der Waals surface area (Å²) in [4.78, 5) is 37.7. The summed E-state index contributed by atoms with van der Waals surface area (Å²) in [6.07, 6.45) is -0.992. The SMILES string of the molecule is C=C(C)C(=O)OCCCCCCn1cc(-c2ccccc2OC(F)(F)F)c(=O)[nH]c1=O. The molecule has 2 rings (SSSR count). The lowest BCUT2D eigenvalue weighted by atomic mass is 10.1. The number of unbranched alkanes of at least 4 members (excludes halogenated alkanes) is 3. The molecule has 168 valence electrons. The topological polar surface area (TPSA) is 90.4 Å². The van der Waals surface area contributed by atoms with Crippen molar-refractivity contribution in [1.82, 2.24) is 9.55 Å². The maximum absolute atomic E-state index is 12.7. The van der Waals surface area contributed by atoms with E-state index >= 15 is 0 Å². The average Bonchev–Trinajstić information content (AvgIpc) is 2.68. The number of aromatic amines is 1. The molecule has 0 aliphatic rings. The van der Waals surface area contributed by atoms with E-state index in [0.717, 1.165) is 18.9 Å². The van der Waals surface area contributed by atoms with E-state index in [1.807, 2.05) is 0 Å². The summed E-state index contributed by atoms with van der Waals surface area (Å²) in [6.45, 7) is 5.58. The van der Waals surface area contributed by atoms with Crippen LogP contribution in [-0.4, -0.2) is 28.5 Å². The van der Waals surface area contributed by atoms with Gasteiger partial charge in [-0.05, 0) is 32.3 Å². The van der Waals surface area contributed by atoms with Gasteiger partial charge in [-0.25, -0.2) is 9.59 Å². The predicted molar refractivity (Wildman–Crippen MR) is 108 cm³/mol. The molecule has 0 amide bonds. The third-order valence-electron chi connectivity index (χ3n) is 4.29. The number of alkyl halides is 3. The number of H-pyrrole nitrogens is 1. The summed E-state index contributed by atoms with van der Waals surface area (Å²) in [7, 11) is 0. The molecule has 0 aliphatic heterocycles. The number of benzene rings is 1. The number of ether oxygens (including phenoxy) is 2. The number of esters is 1. The Morgan fingerprint density at radius 3 is 2.45 bits per heavy atom. The molecule has 1 aromatic carbocycles. The molecular formula is C21H23F3N2O5. The molecule has 0 bridgehead atoms. The van der Waals surface area contributed by atoms with Gasteiger partial charge in [0, 0.05) is 23.9 Å². The van der Waals surface area contributed by atoms with Gasteiger partial charge in [-0.15, -0.1) is 13.2 Å². The van der Waals surface area contributed by atoms with Crippen molar-refractivity contribution in [3.8, 4) is 16.9 Å². The van der Waals surface area contributed by atoms with Crippen molar-refractivity contribution in [3.05, 3.63) is 63.5 Å². The number of para-hydroxylation sites is 1. The molecule has 0 aliphatic carbocycles. The number of aromatic nitrogens is 2. The van der Waals surface area contributed by atoms with Crippen LogP contribution >= 0.6 is 0 Å².